The van der Waals surface area contributed by atoms with E-state index in [9.17, 15) is 5.11 Å². The highest BCUT2D eigenvalue weighted by molar-refractivity contribution is 7.17. The van der Waals surface area contributed by atoms with Crippen LogP contribution in [0.5, 0.6) is 5.75 Å². The quantitative estimate of drug-likeness (QED) is 0.493. The van der Waals surface area contributed by atoms with Gasteiger partial charge in [-0.3, -0.25) is 0 Å². The first kappa shape index (κ1) is 16.4. The molecule has 0 atom stereocenters. The molecule has 0 saturated carbocycles. The lowest BCUT2D eigenvalue weighted by Gasteiger charge is -2.08. The molecule has 0 saturated heterocycles. The summed E-state index contributed by atoms with van der Waals surface area (Å²) in [5, 5.41) is 15.9. The molecule has 0 radical (unpaired) electrons. The molecule has 4 N–H and O–H groups in total. The molecule has 0 aliphatic carbocycles. The fraction of sp³-hybridized carbons (Fsp3) is 0.100. The van der Waals surface area contributed by atoms with Crippen LogP contribution >= 0.6 is 11.3 Å². The van der Waals surface area contributed by atoms with Crippen molar-refractivity contribution in [1.29, 1.82) is 0 Å². The van der Waals surface area contributed by atoms with Crippen molar-refractivity contribution in [3.63, 3.8) is 0 Å². The van der Waals surface area contributed by atoms with Crippen molar-refractivity contribution in [2.45, 2.75) is 6.42 Å². The van der Waals surface area contributed by atoms with Gasteiger partial charge in [0.05, 0.1) is 5.69 Å². The van der Waals surface area contributed by atoms with E-state index in [4.69, 9.17) is 5.73 Å². The summed E-state index contributed by atoms with van der Waals surface area (Å²) >= 11 is 1.69. The predicted molar refractivity (Wildman–Crippen MR) is 108 cm³/mol. The van der Waals surface area contributed by atoms with Gasteiger partial charge in [-0.05, 0) is 30.2 Å². The lowest BCUT2D eigenvalue weighted by Crippen LogP contribution is -2.08. The standard InChI is InChI=1S/C20H18N4OS/c21-20-23-17(16-12-26-18-4-2-1-3-15(16)18)11-19(24-20)22-10-9-13-5-7-14(25)8-6-13/h1-8,11-12,25H,9-10H2,(H3,21,22,23,24). The molecule has 0 aliphatic rings. The van der Waals surface area contributed by atoms with Crippen molar-refractivity contribution < 1.29 is 5.11 Å². The normalized spacial score (nSPS) is 10.9. The highest BCUT2D eigenvalue weighted by Crippen LogP contribution is 2.33. The summed E-state index contributed by atoms with van der Waals surface area (Å²) < 4.78 is 1.22. The second-order valence-electron chi connectivity index (χ2n) is 5.99. The van der Waals surface area contributed by atoms with Crippen molar-refractivity contribution in [2.75, 3.05) is 17.6 Å². The summed E-state index contributed by atoms with van der Waals surface area (Å²) in [5.41, 5.74) is 8.95. The zero-order valence-electron chi connectivity index (χ0n) is 14.0. The molecule has 2 aromatic carbocycles. The third-order valence-electron chi connectivity index (χ3n) is 4.16. The number of nitrogens with one attached hydrogen (secondary N) is 1. The van der Waals surface area contributed by atoms with E-state index in [-0.39, 0.29) is 11.7 Å². The van der Waals surface area contributed by atoms with Crippen LogP contribution in [0.1, 0.15) is 5.56 Å². The maximum absolute atomic E-state index is 9.34. The van der Waals surface area contributed by atoms with E-state index in [0.29, 0.717) is 12.4 Å². The third kappa shape index (κ3) is 3.45. The molecule has 26 heavy (non-hydrogen) atoms. The van der Waals surface area contributed by atoms with E-state index in [0.717, 1.165) is 23.2 Å². The number of anilines is 2. The van der Waals surface area contributed by atoms with Gasteiger partial charge in [0.15, 0.2) is 0 Å². The number of phenolic OH excluding ortho intramolecular Hbond substituents is 1. The minimum atomic E-state index is 0.255. The number of thiophene rings is 1. The van der Waals surface area contributed by atoms with Crippen LogP contribution in [-0.2, 0) is 6.42 Å². The molecular formula is C20H18N4OS. The Kier molecular flexibility index (Phi) is 4.41. The number of fused-ring (bicyclic) bond motifs is 1. The van der Waals surface area contributed by atoms with Crippen LogP contribution in [-0.4, -0.2) is 21.6 Å². The van der Waals surface area contributed by atoms with Gasteiger partial charge in [0.25, 0.3) is 0 Å². The van der Waals surface area contributed by atoms with Crippen molar-refractivity contribution in [3.05, 3.63) is 65.5 Å². The third-order valence-corrected chi connectivity index (χ3v) is 5.12. The van der Waals surface area contributed by atoms with Gasteiger partial charge in [-0.1, -0.05) is 30.3 Å². The molecule has 2 aromatic heterocycles. The van der Waals surface area contributed by atoms with Crippen LogP contribution in [0.3, 0.4) is 0 Å². The molecule has 4 aromatic rings. The number of nitrogen functional groups attached to an aromatic ring is 1. The van der Waals surface area contributed by atoms with E-state index in [1.54, 1.807) is 23.5 Å². The zero-order valence-corrected chi connectivity index (χ0v) is 14.8. The van der Waals surface area contributed by atoms with Gasteiger partial charge >= 0.3 is 0 Å². The first-order valence-electron chi connectivity index (χ1n) is 8.32. The maximum Gasteiger partial charge on any atom is 0.222 e. The highest BCUT2D eigenvalue weighted by Gasteiger charge is 2.10. The molecule has 0 amide bonds. The summed E-state index contributed by atoms with van der Waals surface area (Å²) in [6.45, 7) is 0.713. The topological polar surface area (TPSA) is 84.1 Å². The van der Waals surface area contributed by atoms with Crippen molar-refractivity contribution in [3.8, 4) is 17.0 Å². The summed E-state index contributed by atoms with van der Waals surface area (Å²) in [7, 11) is 0. The predicted octanol–water partition coefficient (Wildman–Crippen LogP) is 4.30. The summed E-state index contributed by atoms with van der Waals surface area (Å²) in [5.74, 6) is 1.24. The Morgan fingerprint density at radius 3 is 2.69 bits per heavy atom. The fourth-order valence-corrected chi connectivity index (χ4v) is 3.82. The van der Waals surface area contributed by atoms with E-state index < -0.39 is 0 Å². The SMILES string of the molecule is Nc1nc(NCCc2ccc(O)cc2)cc(-c2csc3ccccc23)n1. The summed E-state index contributed by atoms with van der Waals surface area (Å²) in [6, 6.07) is 17.4. The van der Waals surface area contributed by atoms with E-state index in [2.05, 4.69) is 32.8 Å². The van der Waals surface area contributed by atoms with Crippen LogP contribution in [0, 0.1) is 0 Å². The molecule has 0 aliphatic heterocycles. The van der Waals surface area contributed by atoms with Crippen LogP contribution < -0.4 is 11.1 Å². The van der Waals surface area contributed by atoms with Gasteiger partial charge in [0.2, 0.25) is 5.95 Å². The Morgan fingerprint density at radius 2 is 1.85 bits per heavy atom. The number of phenols is 1. The highest BCUT2D eigenvalue weighted by atomic mass is 32.1. The first-order chi connectivity index (χ1) is 12.7. The molecule has 4 rings (SSSR count). The molecule has 0 spiro atoms. The Bertz CT molecular complexity index is 1040. The van der Waals surface area contributed by atoms with Gasteiger partial charge in [-0.15, -0.1) is 11.3 Å². The average Bonchev–Trinajstić information content (AvgIpc) is 3.07. The smallest absolute Gasteiger partial charge is 0.222 e. The molecule has 2 heterocycles. The number of rotatable bonds is 5. The van der Waals surface area contributed by atoms with E-state index >= 15 is 0 Å². The van der Waals surface area contributed by atoms with Gasteiger partial charge in [0, 0.05) is 33.6 Å². The average molecular weight is 362 g/mol. The largest absolute Gasteiger partial charge is 0.508 e. The fourth-order valence-electron chi connectivity index (χ4n) is 2.87. The minimum Gasteiger partial charge on any atom is -0.508 e. The van der Waals surface area contributed by atoms with Crippen molar-refractivity contribution >= 4 is 33.2 Å². The number of aromatic nitrogens is 2. The van der Waals surface area contributed by atoms with Crippen molar-refractivity contribution in [1.82, 2.24) is 9.97 Å². The molecule has 6 heteroatoms. The molecule has 130 valence electrons. The number of hydrogen-bond donors (Lipinski definition) is 3. The molecule has 0 unspecified atom stereocenters. The number of nitrogens with zero attached hydrogens (tertiary/aromatic N) is 2. The Balaban J connectivity index is 1.53. The summed E-state index contributed by atoms with van der Waals surface area (Å²) in [6.07, 6.45) is 0.820. The van der Waals surface area contributed by atoms with Gasteiger partial charge in [0.1, 0.15) is 11.6 Å². The van der Waals surface area contributed by atoms with Crippen LogP contribution in [0.4, 0.5) is 11.8 Å². The van der Waals surface area contributed by atoms with Gasteiger partial charge in [-0.25, -0.2) is 4.98 Å². The van der Waals surface area contributed by atoms with Crippen LogP contribution in [0.25, 0.3) is 21.3 Å². The number of benzene rings is 2. The molecule has 0 fully saturated rings. The monoisotopic (exact) mass is 362 g/mol. The van der Waals surface area contributed by atoms with Crippen LogP contribution in [0.15, 0.2) is 60.0 Å². The minimum absolute atomic E-state index is 0.255. The van der Waals surface area contributed by atoms with Gasteiger partial charge < -0.3 is 16.2 Å². The van der Waals surface area contributed by atoms with Crippen molar-refractivity contribution in [2.24, 2.45) is 0 Å². The zero-order chi connectivity index (χ0) is 17.9. The van der Waals surface area contributed by atoms with E-state index in [1.165, 1.54) is 10.1 Å². The maximum atomic E-state index is 9.34. The second-order valence-corrected chi connectivity index (χ2v) is 6.90. The van der Waals surface area contributed by atoms with Crippen LogP contribution in [0.2, 0.25) is 0 Å². The molecule has 5 nitrogen and oxygen atoms in total. The number of aromatic hydroxyl groups is 1. The Hall–Kier alpha value is -3.12. The Morgan fingerprint density at radius 1 is 1.04 bits per heavy atom. The van der Waals surface area contributed by atoms with E-state index in [1.807, 2.05) is 30.3 Å². The second kappa shape index (κ2) is 7.01. The lowest BCUT2D eigenvalue weighted by molar-refractivity contribution is 0.475. The molecular weight excluding hydrogens is 344 g/mol. The molecule has 0 bridgehead atoms. The lowest BCUT2D eigenvalue weighted by atomic mass is 10.1. The Labute approximate surface area is 155 Å². The van der Waals surface area contributed by atoms with Gasteiger partial charge in [-0.2, -0.15) is 4.98 Å². The summed E-state index contributed by atoms with van der Waals surface area (Å²) in [4.78, 5) is 8.70. The first-order valence-corrected chi connectivity index (χ1v) is 9.20. The number of nitrogens with two attached hydrogens (primary N) is 1. The number of hydrogen-bond acceptors (Lipinski definition) is 6.